The van der Waals surface area contributed by atoms with Crippen LogP contribution in [0.15, 0.2) is 54.2 Å². The molecule has 0 radical (unpaired) electrons. The first-order valence-corrected chi connectivity index (χ1v) is 34.7. The summed E-state index contributed by atoms with van der Waals surface area (Å²) in [4.78, 5) is 59.5. The molecule has 0 spiro atoms. The molecule has 0 aromatic carbocycles. The van der Waals surface area contributed by atoms with E-state index in [-0.39, 0.29) is 153 Å². The molecule has 14 rings (SSSR count). The van der Waals surface area contributed by atoms with Crippen molar-refractivity contribution in [2.45, 2.75) is 270 Å². The number of halogens is 2. The minimum Gasteiger partial charge on any atom is -1.00 e. The third-order valence-corrected chi connectivity index (χ3v) is 30.7. The summed E-state index contributed by atoms with van der Waals surface area (Å²) < 4.78 is 24.6. The zero-order valence-electron chi connectivity index (χ0n) is 59.0. The Labute approximate surface area is 603 Å². The molecule has 498 valence electrons. The fourth-order valence-corrected chi connectivity index (χ4v) is 21.8. The number of hydrogen-bond acceptors (Lipinski definition) is 11. The van der Waals surface area contributed by atoms with Crippen LogP contribution in [-0.2, 0) is 31.6 Å². The van der Waals surface area contributed by atoms with Gasteiger partial charge in [0.25, 0.3) is 0 Å². The summed E-state index contributed by atoms with van der Waals surface area (Å²) in [6.45, 7) is 54.2. The van der Waals surface area contributed by atoms with Gasteiger partial charge in [-0.2, -0.15) is 0 Å². The van der Waals surface area contributed by atoms with Gasteiger partial charge in [-0.3, -0.25) is 30.6 Å². The van der Waals surface area contributed by atoms with Crippen molar-refractivity contribution < 1.29 is 98.2 Å². The molecule has 0 aromatic heterocycles. The summed E-state index contributed by atoms with van der Waals surface area (Å²) in [6, 6.07) is 0. The van der Waals surface area contributed by atoms with Gasteiger partial charge in [0.1, 0.15) is 17.0 Å². The molecule has 15 unspecified atom stereocenters. The molecular weight excluding hydrogens is 1310 g/mol. The van der Waals surface area contributed by atoms with Gasteiger partial charge in [0.05, 0.1) is 6.10 Å². The van der Waals surface area contributed by atoms with Crippen molar-refractivity contribution in [1.29, 1.82) is 0 Å². The van der Waals surface area contributed by atoms with E-state index in [0.717, 1.165) is 76.5 Å². The summed E-state index contributed by atoms with van der Waals surface area (Å²) in [6.07, 6.45) is 25.2. The molecule has 0 saturated heterocycles. The Kier molecular flexibility index (Phi) is 26.4. The molecule has 90 heavy (non-hydrogen) atoms. The first kappa shape index (κ1) is 83.8. The quantitative estimate of drug-likeness (QED) is 0.103. The molecular formula is C74H113BrClMgNaO11Se. The molecule has 16 heteroatoms. The molecule has 15 atom stereocenters. The van der Waals surface area contributed by atoms with E-state index >= 15 is 0 Å². The van der Waals surface area contributed by atoms with Crippen LogP contribution in [0.4, 0.5) is 0 Å². The second-order valence-corrected chi connectivity index (χ2v) is 34.0. The van der Waals surface area contributed by atoms with E-state index in [1.807, 2.05) is 20.8 Å². The van der Waals surface area contributed by atoms with Gasteiger partial charge in [-0.1, -0.05) is 148 Å². The summed E-state index contributed by atoms with van der Waals surface area (Å²) >= 11 is 1.76. The predicted octanol–water partition coefficient (Wildman–Crippen LogP) is 8.55. The van der Waals surface area contributed by atoms with Crippen LogP contribution < -0.4 is 51.2 Å². The van der Waals surface area contributed by atoms with E-state index in [2.05, 4.69) is 142 Å². The summed E-state index contributed by atoms with van der Waals surface area (Å²) in [5, 5.41) is 31.4. The van der Waals surface area contributed by atoms with E-state index in [9.17, 15) is 39.3 Å². The summed E-state index contributed by atoms with van der Waals surface area (Å²) in [7, 11) is 0. The van der Waals surface area contributed by atoms with Crippen molar-refractivity contribution in [1.82, 2.24) is 0 Å². The smallest absolute Gasteiger partial charge is 1.00 e. The zero-order valence-corrected chi connectivity index (χ0v) is 66.5. The van der Waals surface area contributed by atoms with Crippen molar-refractivity contribution >= 4 is 78.7 Å². The Morgan fingerprint density at radius 3 is 1.34 bits per heavy atom. The molecule has 0 amide bonds. The van der Waals surface area contributed by atoms with Crippen molar-refractivity contribution in [3.8, 4) is 0 Å². The zero-order chi connectivity index (χ0) is 66.5. The maximum Gasteiger partial charge on any atom is 2.00 e. The minimum atomic E-state index is -1.62. The average Bonchev–Trinajstić information content (AvgIpc) is 1.50. The largest absolute Gasteiger partial charge is 2.00 e. The van der Waals surface area contributed by atoms with Gasteiger partial charge < -0.3 is 43.5 Å². The number of allylic oxidation sites excluding steroid dienone is 4. The predicted molar refractivity (Wildman–Crippen MR) is 349 cm³/mol. The van der Waals surface area contributed by atoms with Gasteiger partial charge in [0.15, 0.2) is 11.6 Å². The number of aliphatic hydroxyl groups is 3. The van der Waals surface area contributed by atoms with E-state index in [1.165, 1.54) is 86.7 Å². The van der Waals surface area contributed by atoms with Crippen LogP contribution in [0, 0.1) is 107 Å². The topological polar surface area (TPSA) is 203 Å². The van der Waals surface area contributed by atoms with E-state index in [0.29, 0.717) is 45.9 Å². The Bertz CT molecular complexity index is 2890. The summed E-state index contributed by atoms with van der Waals surface area (Å²) in [5.74, 6) is 3.81. The number of carbonyl (C=O) groups is 5. The molecule has 14 aliphatic rings. The van der Waals surface area contributed by atoms with Gasteiger partial charge in [-0.15, -0.1) is 13.2 Å². The molecule has 0 aliphatic heterocycles. The molecule has 14 aliphatic carbocycles. The standard InChI is InChI=1S/C14H22O2.2C14H20O.C10H14O2.C10H18O.C10H16O.C2H3.BrH.ClO.Mg.Na.O2Se/c1-6-13(15)10-8-9-12(5,11(10,3)4)14(13,16)7-2;1-13(2)11-7-8-14(13,3)10-6-4-5-9(10)12(11)15;1-13(2)11-7-8-14(13,3)12(15)10-6-4-5-9(10)11;1-9(2)6-4-5-10(9,3)8(12)7(6)11;2*1-9(2)7-4-5-10(9,3)8(11)6-7;1-2;;1-2;;;1-3-2/h6-7,10,15-16H,1-2,8-9H2,3-5H3;2*11H,4-8H2,1-3H3;6H,4-5H2,1-3H3;7-8,11H,4-6H2,1-3H3;7H,4-6H2,1-3H3;1H,2H2;1H;;;;/q;;;;;;-1;;-1;+2;+1;/p-1. The fourth-order valence-electron chi connectivity index (χ4n) is 21.8. The van der Waals surface area contributed by atoms with Crippen LogP contribution >= 0.6 is 11.9 Å². The normalized spacial score (nSPS) is 42.1. The van der Waals surface area contributed by atoms with Crippen LogP contribution in [0.3, 0.4) is 0 Å². The SMILES string of the molecule is C=CC1(O)C2CCC(C)(C2(C)C)C1(O)C=C.CC1(C)C2CCC1(C)C(O)C2.CC12CCC(C(=O)C1=O)C2(C)C.CC12CCC(C(=O)C3=C1CCC3)C2(C)C.CC12CCC(C3=C(CCC3)C1=O)C2(C)C.CC12CCC(CC1=O)C2(C)C.O=[Se]=O.[Br-].[CH-]=C.[Mg+2].[Na+].[O-]Cl. The van der Waals surface area contributed by atoms with Crippen LogP contribution in [-0.4, -0.2) is 99.4 Å². The molecule has 10 saturated carbocycles. The number of ketones is 5. The molecule has 3 N–H and O–H groups in total. The third kappa shape index (κ3) is 11.6. The van der Waals surface area contributed by atoms with Crippen LogP contribution in [0.5, 0.6) is 0 Å². The van der Waals surface area contributed by atoms with Crippen molar-refractivity contribution in [3.63, 3.8) is 0 Å². The number of fused-ring (bicyclic) bond motifs is 14. The fraction of sp³-hybridized carbons (Fsp3) is 0.797. The summed E-state index contributed by atoms with van der Waals surface area (Å²) in [5.41, 5.74) is 3.72. The Morgan fingerprint density at radius 1 is 0.533 bits per heavy atom. The van der Waals surface area contributed by atoms with Crippen LogP contribution in [0.1, 0.15) is 253 Å². The second-order valence-electron chi connectivity index (χ2n) is 33.7. The number of carbonyl (C=O) groups excluding carboxylic acids is 5. The number of Topliss-reactive ketones (excluding diaryl/α,β-unsaturated/α-hetero) is 5. The minimum absolute atomic E-state index is 0. The molecule has 0 aromatic rings. The number of hydrogen-bond donors (Lipinski definition) is 3. The number of aliphatic hydroxyl groups excluding tert-OH is 1. The first-order valence-electron chi connectivity index (χ1n) is 33.0. The van der Waals surface area contributed by atoms with E-state index < -0.39 is 26.0 Å². The van der Waals surface area contributed by atoms with Crippen molar-refractivity contribution in [2.24, 2.45) is 100 Å². The monoisotopic (exact) mass is 1420 g/mol. The number of rotatable bonds is 2. The molecule has 12 bridgehead atoms. The molecule has 0 heterocycles. The van der Waals surface area contributed by atoms with Gasteiger partial charge >= 0.3 is 75.1 Å². The second kappa shape index (κ2) is 28.4. The van der Waals surface area contributed by atoms with E-state index in [1.54, 1.807) is 5.57 Å². The Morgan fingerprint density at radius 2 is 0.978 bits per heavy atom. The Balaban J connectivity index is 0.000000276. The van der Waals surface area contributed by atoms with Gasteiger partial charge in [0.2, 0.25) is 11.6 Å². The first-order chi connectivity index (χ1) is 40.0. The third-order valence-electron chi connectivity index (χ3n) is 30.7. The van der Waals surface area contributed by atoms with Gasteiger partial charge in [0, 0.05) is 45.8 Å². The van der Waals surface area contributed by atoms with Crippen molar-refractivity contribution in [2.75, 3.05) is 0 Å². The maximum atomic E-state index is 12.5. The van der Waals surface area contributed by atoms with Gasteiger partial charge in [-0.05, 0) is 194 Å². The Hall–Kier alpha value is -0.454. The van der Waals surface area contributed by atoms with E-state index in [4.69, 9.17) is 12.3 Å². The van der Waals surface area contributed by atoms with Crippen molar-refractivity contribution in [3.05, 3.63) is 60.8 Å². The molecule has 10 fully saturated rings. The maximum absolute atomic E-state index is 12.5. The molecule has 11 nitrogen and oxygen atoms in total. The van der Waals surface area contributed by atoms with Gasteiger partial charge in [-0.25, -0.2) is 11.9 Å². The van der Waals surface area contributed by atoms with Crippen LogP contribution in [0.2, 0.25) is 0 Å². The van der Waals surface area contributed by atoms with Crippen LogP contribution in [0.25, 0.3) is 0 Å². The average molecular weight is 1420 g/mol.